The SMILES string of the molecule is CCc1cc(F)cc(C(O)N(C)C)c1. The predicted molar refractivity (Wildman–Crippen MR) is 54.4 cm³/mol. The first-order valence-electron chi connectivity index (χ1n) is 4.68. The van der Waals surface area contributed by atoms with Crippen LogP contribution in [0.2, 0.25) is 0 Å². The van der Waals surface area contributed by atoms with Crippen molar-refractivity contribution in [3.63, 3.8) is 0 Å². The highest BCUT2D eigenvalue weighted by Gasteiger charge is 2.11. The van der Waals surface area contributed by atoms with Crippen LogP contribution in [0.1, 0.15) is 24.3 Å². The van der Waals surface area contributed by atoms with Gasteiger partial charge in [-0.15, -0.1) is 0 Å². The number of hydrogen-bond acceptors (Lipinski definition) is 2. The molecule has 0 aliphatic heterocycles. The molecule has 0 heterocycles. The zero-order valence-electron chi connectivity index (χ0n) is 8.79. The minimum atomic E-state index is -0.740. The van der Waals surface area contributed by atoms with Crippen molar-refractivity contribution in [3.8, 4) is 0 Å². The first kappa shape index (κ1) is 11.1. The molecule has 1 aromatic rings. The molecule has 1 rings (SSSR count). The Balaban J connectivity index is 3.02. The van der Waals surface area contributed by atoms with Gasteiger partial charge in [-0.25, -0.2) is 4.39 Å². The van der Waals surface area contributed by atoms with Crippen molar-refractivity contribution in [3.05, 3.63) is 35.1 Å². The van der Waals surface area contributed by atoms with E-state index in [0.29, 0.717) is 5.56 Å². The van der Waals surface area contributed by atoms with Crippen molar-refractivity contribution in [2.24, 2.45) is 0 Å². The van der Waals surface area contributed by atoms with Crippen LogP contribution < -0.4 is 0 Å². The zero-order valence-corrected chi connectivity index (χ0v) is 8.79. The van der Waals surface area contributed by atoms with Gasteiger partial charge in [-0.3, -0.25) is 4.90 Å². The number of aliphatic hydroxyl groups excluding tert-OH is 1. The van der Waals surface area contributed by atoms with E-state index in [0.717, 1.165) is 12.0 Å². The van der Waals surface area contributed by atoms with Gasteiger partial charge in [-0.1, -0.05) is 13.0 Å². The molecule has 1 aromatic carbocycles. The molecule has 0 bridgehead atoms. The van der Waals surface area contributed by atoms with Crippen LogP contribution in [0.25, 0.3) is 0 Å². The maximum atomic E-state index is 13.1. The number of nitrogens with zero attached hydrogens (tertiary/aromatic N) is 1. The van der Waals surface area contributed by atoms with Crippen LogP contribution in [0, 0.1) is 5.82 Å². The third-order valence-corrected chi connectivity index (χ3v) is 2.18. The summed E-state index contributed by atoms with van der Waals surface area (Å²) in [5, 5.41) is 9.70. The third-order valence-electron chi connectivity index (χ3n) is 2.18. The summed E-state index contributed by atoms with van der Waals surface area (Å²) in [6.07, 6.45) is 0.0289. The van der Waals surface area contributed by atoms with Crippen molar-refractivity contribution in [1.29, 1.82) is 0 Å². The van der Waals surface area contributed by atoms with Crippen molar-refractivity contribution >= 4 is 0 Å². The van der Waals surface area contributed by atoms with Crippen LogP contribution in [0.15, 0.2) is 18.2 Å². The Morgan fingerprint density at radius 3 is 2.50 bits per heavy atom. The fourth-order valence-electron chi connectivity index (χ4n) is 1.33. The van der Waals surface area contributed by atoms with Gasteiger partial charge < -0.3 is 5.11 Å². The summed E-state index contributed by atoms with van der Waals surface area (Å²) in [5.74, 6) is -0.291. The summed E-state index contributed by atoms with van der Waals surface area (Å²) in [4.78, 5) is 1.63. The molecule has 0 aliphatic carbocycles. The molecule has 3 heteroatoms. The van der Waals surface area contributed by atoms with Crippen molar-refractivity contribution in [1.82, 2.24) is 4.90 Å². The highest BCUT2D eigenvalue weighted by Crippen LogP contribution is 2.18. The lowest BCUT2D eigenvalue weighted by atomic mass is 10.1. The second kappa shape index (κ2) is 4.53. The van der Waals surface area contributed by atoms with Crippen LogP contribution in [0.4, 0.5) is 4.39 Å². The lowest BCUT2D eigenvalue weighted by Crippen LogP contribution is -2.19. The average Bonchev–Trinajstić information content (AvgIpc) is 2.15. The van der Waals surface area contributed by atoms with Gasteiger partial charge in [0.1, 0.15) is 12.0 Å². The van der Waals surface area contributed by atoms with Crippen molar-refractivity contribution in [2.75, 3.05) is 14.1 Å². The normalized spacial score (nSPS) is 13.3. The van der Waals surface area contributed by atoms with Gasteiger partial charge in [-0.05, 0) is 43.8 Å². The molecule has 0 amide bonds. The Labute approximate surface area is 84.0 Å². The molecule has 0 aromatic heterocycles. The molecule has 1 N–H and O–H groups in total. The molecule has 0 aliphatic rings. The standard InChI is InChI=1S/C11H16FNO/c1-4-8-5-9(7-10(12)6-8)11(14)13(2)3/h5-7,11,14H,4H2,1-3H3. The number of rotatable bonds is 3. The zero-order chi connectivity index (χ0) is 10.7. The van der Waals surface area contributed by atoms with Gasteiger partial charge in [-0.2, -0.15) is 0 Å². The maximum Gasteiger partial charge on any atom is 0.133 e. The van der Waals surface area contributed by atoms with Crippen molar-refractivity contribution in [2.45, 2.75) is 19.6 Å². The Hall–Kier alpha value is -0.930. The van der Waals surface area contributed by atoms with E-state index in [9.17, 15) is 9.50 Å². The van der Waals surface area contributed by atoms with E-state index in [2.05, 4.69) is 0 Å². The Morgan fingerprint density at radius 1 is 1.36 bits per heavy atom. The number of aryl methyl sites for hydroxylation is 1. The fraction of sp³-hybridized carbons (Fsp3) is 0.455. The highest BCUT2D eigenvalue weighted by molar-refractivity contribution is 5.26. The van der Waals surface area contributed by atoms with Crippen LogP contribution in [-0.4, -0.2) is 24.1 Å². The molecule has 1 atom stereocenters. The van der Waals surface area contributed by atoms with Gasteiger partial charge in [0.25, 0.3) is 0 Å². The minimum absolute atomic E-state index is 0.291. The first-order valence-corrected chi connectivity index (χ1v) is 4.68. The van der Waals surface area contributed by atoms with Crippen molar-refractivity contribution < 1.29 is 9.50 Å². The van der Waals surface area contributed by atoms with Crippen LogP contribution in [-0.2, 0) is 6.42 Å². The van der Waals surface area contributed by atoms with Gasteiger partial charge >= 0.3 is 0 Å². The van der Waals surface area contributed by atoms with E-state index in [4.69, 9.17) is 0 Å². The van der Waals surface area contributed by atoms with E-state index in [1.54, 1.807) is 19.0 Å². The number of benzene rings is 1. The molecule has 0 radical (unpaired) electrons. The van der Waals surface area contributed by atoms with E-state index in [1.807, 2.05) is 13.0 Å². The van der Waals surface area contributed by atoms with E-state index in [1.165, 1.54) is 12.1 Å². The van der Waals surface area contributed by atoms with Gasteiger partial charge in [0.05, 0.1) is 0 Å². The first-order chi connectivity index (χ1) is 6.54. The monoisotopic (exact) mass is 197 g/mol. The largest absolute Gasteiger partial charge is 0.374 e. The molecular formula is C11H16FNO. The summed E-state index contributed by atoms with van der Waals surface area (Å²) in [6.45, 7) is 1.96. The fourth-order valence-corrected chi connectivity index (χ4v) is 1.33. The molecule has 0 saturated carbocycles. The molecule has 0 fully saturated rings. The molecule has 2 nitrogen and oxygen atoms in total. The number of hydrogen-bond donors (Lipinski definition) is 1. The van der Waals surface area contributed by atoms with Crippen LogP contribution in [0.3, 0.4) is 0 Å². The second-order valence-corrected chi connectivity index (χ2v) is 3.58. The molecule has 14 heavy (non-hydrogen) atoms. The van der Waals surface area contributed by atoms with E-state index in [-0.39, 0.29) is 5.82 Å². The summed E-state index contributed by atoms with van der Waals surface area (Å²) >= 11 is 0. The smallest absolute Gasteiger partial charge is 0.133 e. The molecule has 78 valence electrons. The Morgan fingerprint density at radius 2 is 2.00 bits per heavy atom. The molecule has 1 unspecified atom stereocenters. The molecule has 0 spiro atoms. The van der Waals surface area contributed by atoms with Crippen LogP contribution >= 0.6 is 0 Å². The highest BCUT2D eigenvalue weighted by atomic mass is 19.1. The lowest BCUT2D eigenvalue weighted by molar-refractivity contribution is 0.0392. The Kier molecular flexibility index (Phi) is 3.61. The van der Waals surface area contributed by atoms with Gasteiger partial charge in [0.15, 0.2) is 0 Å². The van der Waals surface area contributed by atoms with E-state index < -0.39 is 6.23 Å². The second-order valence-electron chi connectivity index (χ2n) is 3.58. The van der Waals surface area contributed by atoms with Gasteiger partial charge in [0, 0.05) is 0 Å². The number of halogens is 1. The molecular weight excluding hydrogens is 181 g/mol. The summed E-state index contributed by atoms with van der Waals surface area (Å²) in [7, 11) is 3.50. The number of aliphatic hydroxyl groups is 1. The molecule has 0 saturated heterocycles. The minimum Gasteiger partial charge on any atom is -0.374 e. The predicted octanol–water partition coefficient (Wildman–Crippen LogP) is 1.94. The quantitative estimate of drug-likeness (QED) is 0.748. The Bertz CT molecular complexity index is 312. The summed E-state index contributed by atoms with van der Waals surface area (Å²) < 4.78 is 13.1. The topological polar surface area (TPSA) is 23.5 Å². The maximum absolute atomic E-state index is 13.1. The average molecular weight is 197 g/mol. The summed E-state index contributed by atoms with van der Waals surface area (Å²) in [6, 6.07) is 4.68. The van der Waals surface area contributed by atoms with E-state index >= 15 is 0 Å². The third kappa shape index (κ3) is 2.53. The van der Waals surface area contributed by atoms with Gasteiger partial charge in [0.2, 0.25) is 0 Å². The van der Waals surface area contributed by atoms with Crippen LogP contribution in [0.5, 0.6) is 0 Å². The summed E-state index contributed by atoms with van der Waals surface area (Å²) in [5.41, 5.74) is 1.51. The lowest BCUT2D eigenvalue weighted by Gasteiger charge is -2.19.